The summed E-state index contributed by atoms with van der Waals surface area (Å²) in [7, 11) is -3.51. The lowest BCUT2D eigenvalue weighted by Crippen LogP contribution is -2.31. The highest BCUT2D eigenvalue weighted by Gasteiger charge is 2.25. The van der Waals surface area contributed by atoms with Crippen molar-refractivity contribution < 1.29 is 17.9 Å². The molecular formula is C25H34N2O4S. The summed E-state index contributed by atoms with van der Waals surface area (Å²) in [4.78, 5) is 13.1. The van der Waals surface area contributed by atoms with Gasteiger partial charge in [0, 0.05) is 18.8 Å². The molecule has 0 spiro atoms. The SMILES string of the molecule is CCCCCCOc1ccccc1C(=O)Nc1ccc(S(=O)(=O)N2CCCCCC2)cc1. The Morgan fingerprint density at radius 2 is 1.62 bits per heavy atom. The Morgan fingerprint density at radius 3 is 2.31 bits per heavy atom. The monoisotopic (exact) mass is 458 g/mol. The Morgan fingerprint density at radius 1 is 0.938 bits per heavy atom. The Labute approximate surface area is 192 Å². The molecule has 1 heterocycles. The molecule has 0 radical (unpaired) electrons. The van der Waals surface area contributed by atoms with Gasteiger partial charge in [0.2, 0.25) is 10.0 Å². The van der Waals surface area contributed by atoms with Crippen molar-refractivity contribution in [2.75, 3.05) is 25.0 Å². The number of benzene rings is 2. The molecule has 0 aliphatic carbocycles. The molecule has 1 saturated heterocycles. The summed E-state index contributed by atoms with van der Waals surface area (Å²) in [5.41, 5.74) is 1.01. The van der Waals surface area contributed by atoms with Gasteiger partial charge in [-0.3, -0.25) is 4.79 Å². The van der Waals surface area contributed by atoms with E-state index in [2.05, 4.69) is 12.2 Å². The first-order valence-electron chi connectivity index (χ1n) is 11.7. The zero-order chi connectivity index (χ0) is 22.8. The molecule has 2 aromatic carbocycles. The number of nitrogens with one attached hydrogen (secondary N) is 1. The largest absolute Gasteiger partial charge is 0.493 e. The van der Waals surface area contributed by atoms with Crippen LogP contribution in [-0.4, -0.2) is 38.3 Å². The van der Waals surface area contributed by atoms with Crippen molar-refractivity contribution in [3.05, 3.63) is 54.1 Å². The topological polar surface area (TPSA) is 75.7 Å². The number of amides is 1. The third-order valence-corrected chi connectivity index (χ3v) is 7.62. The number of sulfonamides is 1. The zero-order valence-electron chi connectivity index (χ0n) is 18.9. The minimum absolute atomic E-state index is 0.258. The van der Waals surface area contributed by atoms with Crippen LogP contribution in [0.3, 0.4) is 0 Å². The van der Waals surface area contributed by atoms with Crippen LogP contribution in [0.5, 0.6) is 5.75 Å². The second-order valence-electron chi connectivity index (χ2n) is 8.20. The average molecular weight is 459 g/mol. The number of hydrogen-bond acceptors (Lipinski definition) is 4. The van der Waals surface area contributed by atoms with E-state index in [1.165, 1.54) is 6.42 Å². The molecular weight excluding hydrogens is 424 g/mol. The number of anilines is 1. The van der Waals surface area contributed by atoms with Gasteiger partial charge < -0.3 is 10.1 Å². The van der Waals surface area contributed by atoms with Crippen molar-refractivity contribution in [1.82, 2.24) is 4.31 Å². The van der Waals surface area contributed by atoms with Gasteiger partial charge in [-0.25, -0.2) is 8.42 Å². The maximum Gasteiger partial charge on any atom is 0.259 e. The van der Waals surface area contributed by atoms with Crippen molar-refractivity contribution in [2.24, 2.45) is 0 Å². The maximum absolute atomic E-state index is 12.9. The lowest BCUT2D eigenvalue weighted by Gasteiger charge is -2.20. The first kappa shape index (κ1) is 24.3. The summed E-state index contributed by atoms with van der Waals surface area (Å²) in [6.07, 6.45) is 8.34. The fraction of sp³-hybridized carbons (Fsp3) is 0.480. The molecule has 1 aliphatic rings. The van der Waals surface area contributed by atoms with Crippen LogP contribution in [0.25, 0.3) is 0 Å². The van der Waals surface area contributed by atoms with E-state index in [0.29, 0.717) is 36.7 Å². The van der Waals surface area contributed by atoms with Crippen molar-refractivity contribution in [1.29, 1.82) is 0 Å². The summed E-state index contributed by atoms with van der Waals surface area (Å²) in [5, 5.41) is 2.85. The van der Waals surface area contributed by atoms with Gasteiger partial charge in [-0.15, -0.1) is 0 Å². The third kappa shape index (κ3) is 6.56. The van der Waals surface area contributed by atoms with E-state index in [0.717, 1.165) is 44.9 Å². The van der Waals surface area contributed by atoms with Crippen LogP contribution in [0.1, 0.15) is 68.6 Å². The molecule has 32 heavy (non-hydrogen) atoms. The average Bonchev–Trinajstić information content (AvgIpc) is 3.10. The van der Waals surface area contributed by atoms with Gasteiger partial charge in [-0.2, -0.15) is 4.31 Å². The highest BCUT2D eigenvalue weighted by Crippen LogP contribution is 2.23. The van der Waals surface area contributed by atoms with Crippen LogP contribution in [0.4, 0.5) is 5.69 Å². The minimum atomic E-state index is -3.51. The van der Waals surface area contributed by atoms with Crippen molar-refractivity contribution in [3.63, 3.8) is 0 Å². The van der Waals surface area contributed by atoms with E-state index in [4.69, 9.17) is 4.74 Å². The fourth-order valence-electron chi connectivity index (χ4n) is 3.83. The summed E-state index contributed by atoms with van der Waals surface area (Å²) < 4.78 is 33.3. The van der Waals surface area contributed by atoms with Crippen molar-refractivity contribution in [2.45, 2.75) is 63.2 Å². The zero-order valence-corrected chi connectivity index (χ0v) is 19.7. The van der Waals surface area contributed by atoms with Gasteiger partial charge in [0.25, 0.3) is 5.91 Å². The van der Waals surface area contributed by atoms with E-state index in [-0.39, 0.29) is 10.8 Å². The molecule has 0 saturated carbocycles. The number of rotatable bonds is 10. The Balaban J connectivity index is 1.64. The summed E-state index contributed by atoms with van der Waals surface area (Å²) in [5.74, 6) is 0.277. The van der Waals surface area contributed by atoms with Crippen LogP contribution >= 0.6 is 0 Å². The Bertz CT molecular complexity index is 966. The van der Waals surface area contributed by atoms with Crippen LogP contribution in [-0.2, 0) is 10.0 Å². The Kier molecular flexibility index (Phi) is 9.11. The number of carbonyl (C=O) groups is 1. The molecule has 1 N–H and O–H groups in total. The molecule has 3 rings (SSSR count). The van der Waals surface area contributed by atoms with Gasteiger partial charge >= 0.3 is 0 Å². The molecule has 0 atom stereocenters. The fourth-order valence-corrected chi connectivity index (χ4v) is 5.35. The lowest BCUT2D eigenvalue weighted by atomic mass is 10.1. The van der Waals surface area contributed by atoms with Crippen LogP contribution in [0.15, 0.2) is 53.4 Å². The summed E-state index contributed by atoms with van der Waals surface area (Å²) in [6, 6.07) is 13.6. The molecule has 0 bridgehead atoms. The number of unbranched alkanes of at least 4 members (excludes halogenated alkanes) is 3. The van der Waals surface area contributed by atoms with Crippen molar-refractivity contribution >= 4 is 21.6 Å². The number of nitrogens with zero attached hydrogens (tertiary/aromatic N) is 1. The molecule has 7 heteroatoms. The van der Waals surface area contributed by atoms with E-state index in [9.17, 15) is 13.2 Å². The van der Waals surface area contributed by atoms with Crippen LogP contribution in [0.2, 0.25) is 0 Å². The summed E-state index contributed by atoms with van der Waals surface area (Å²) in [6.45, 7) is 3.87. The maximum atomic E-state index is 12.9. The molecule has 174 valence electrons. The molecule has 1 aliphatic heterocycles. The minimum Gasteiger partial charge on any atom is -0.493 e. The first-order chi connectivity index (χ1) is 15.5. The van der Waals surface area contributed by atoms with Crippen LogP contribution < -0.4 is 10.1 Å². The predicted octanol–water partition coefficient (Wildman–Crippen LogP) is 5.46. The van der Waals surface area contributed by atoms with E-state index >= 15 is 0 Å². The van der Waals surface area contributed by atoms with Gasteiger partial charge in [-0.05, 0) is 55.7 Å². The van der Waals surface area contributed by atoms with Gasteiger partial charge in [0.05, 0.1) is 17.1 Å². The van der Waals surface area contributed by atoms with Gasteiger partial charge in [-0.1, -0.05) is 51.2 Å². The first-order valence-corrected chi connectivity index (χ1v) is 13.1. The normalized spacial score (nSPS) is 15.2. The van der Waals surface area contributed by atoms with Crippen molar-refractivity contribution in [3.8, 4) is 5.75 Å². The lowest BCUT2D eigenvalue weighted by molar-refractivity contribution is 0.102. The Hall–Kier alpha value is -2.38. The number of ether oxygens (including phenoxy) is 1. The van der Waals surface area contributed by atoms with E-state index in [1.54, 1.807) is 46.8 Å². The standard InChI is InChI=1S/C25H34N2O4S/c1-2-3-4-11-20-31-24-13-8-7-12-23(24)25(28)26-21-14-16-22(17-15-21)32(29,30)27-18-9-5-6-10-19-27/h7-8,12-17H,2-6,9-11,18-20H2,1H3,(H,26,28). The smallest absolute Gasteiger partial charge is 0.259 e. The van der Waals surface area contributed by atoms with E-state index < -0.39 is 10.0 Å². The summed E-state index contributed by atoms with van der Waals surface area (Å²) >= 11 is 0. The highest BCUT2D eigenvalue weighted by molar-refractivity contribution is 7.89. The number of hydrogen-bond donors (Lipinski definition) is 1. The molecule has 6 nitrogen and oxygen atoms in total. The van der Waals surface area contributed by atoms with Gasteiger partial charge in [0.15, 0.2) is 0 Å². The number of para-hydroxylation sites is 1. The molecule has 2 aromatic rings. The molecule has 1 amide bonds. The van der Waals surface area contributed by atoms with E-state index in [1.807, 2.05) is 6.07 Å². The third-order valence-electron chi connectivity index (χ3n) is 5.70. The second-order valence-corrected chi connectivity index (χ2v) is 10.1. The number of carbonyl (C=O) groups excluding carboxylic acids is 1. The molecule has 1 fully saturated rings. The quantitative estimate of drug-likeness (QED) is 0.480. The predicted molar refractivity (Wildman–Crippen MR) is 128 cm³/mol. The van der Waals surface area contributed by atoms with Gasteiger partial charge in [0.1, 0.15) is 5.75 Å². The second kappa shape index (κ2) is 12.0. The van der Waals surface area contributed by atoms with Crippen LogP contribution in [0, 0.1) is 0 Å². The molecule has 0 unspecified atom stereocenters. The highest BCUT2D eigenvalue weighted by atomic mass is 32.2. The molecule has 0 aromatic heterocycles.